The van der Waals surface area contributed by atoms with Crippen molar-refractivity contribution in [3.63, 3.8) is 0 Å². The molecule has 25 heavy (non-hydrogen) atoms. The number of nitrogens with zero attached hydrogens (tertiary/aromatic N) is 2. The van der Waals surface area contributed by atoms with Crippen LogP contribution in [0.2, 0.25) is 5.02 Å². The van der Waals surface area contributed by atoms with E-state index in [2.05, 4.69) is 16.9 Å². The van der Waals surface area contributed by atoms with Crippen LogP contribution >= 0.6 is 11.6 Å². The van der Waals surface area contributed by atoms with Crippen LogP contribution < -0.4 is 16.2 Å². The average molecular weight is 357 g/mol. The standard InChI is InChI=1S/C19H21ClN4O/c1-2-3-7-17(21)25-14-6-4-5-12(10-14)18-15-11-13(20)8-9-16(15)23-19(22)24-18/h4-6,8-11,17H,2-3,7,21H2,1H3,(H2,22,23,24). The third kappa shape index (κ3) is 4.18. The number of unbranched alkanes of at least 4 members (excludes halogenated alkanes) is 1. The Hall–Kier alpha value is -2.37. The smallest absolute Gasteiger partial charge is 0.221 e. The number of aromatic nitrogens is 2. The van der Waals surface area contributed by atoms with Crippen LogP contribution in [0.3, 0.4) is 0 Å². The number of hydrogen-bond donors (Lipinski definition) is 2. The van der Waals surface area contributed by atoms with Gasteiger partial charge in [-0.25, -0.2) is 9.97 Å². The molecule has 2 aromatic carbocycles. The van der Waals surface area contributed by atoms with E-state index in [0.29, 0.717) is 10.8 Å². The number of ether oxygens (including phenoxy) is 1. The summed E-state index contributed by atoms with van der Waals surface area (Å²) in [6.07, 6.45) is 2.62. The van der Waals surface area contributed by atoms with Crippen molar-refractivity contribution < 1.29 is 4.74 Å². The Morgan fingerprint density at radius 2 is 2.00 bits per heavy atom. The highest BCUT2D eigenvalue weighted by atomic mass is 35.5. The number of benzene rings is 2. The van der Waals surface area contributed by atoms with Gasteiger partial charge in [0.2, 0.25) is 5.95 Å². The van der Waals surface area contributed by atoms with Crippen LogP contribution in [0.1, 0.15) is 26.2 Å². The number of anilines is 1. The highest BCUT2D eigenvalue weighted by Crippen LogP contribution is 2.31. The second kappa shape index (κ2) is 7.68. The minimum atomic E-state index is -0.322. The quantitative estimate of drug-likeness (QED) is 0.640. The molecule has 1 heterocycles. The van der Waals surface area contributed by atoms with E-state index >= 15 is 0 Å². The summed E-state index contributed by atoms with van der Waals surface area (Å²) in [5.41, 5.74) is 14.2. The summed E-state index contributed by atoms with van der Waals surface area (Å²) in [7, 11) is 0. The number of nitrogens with two attached hydrogens (primary N) is 2. The van der Waals surface area contributed by atoms with Crippen molar-refractivity contribution in [3.05, 3.63) is 47.5 Å². The van der Waals surface area contributed by atoms with Crippen LogP contribution in [0.25, 0.3) is 22.2 Å². The average Bonchev–Trinajstić information content (AvgIpc) is 2.60. The molecule has 0 aliphatic carbocycles. The summed E-state index contributed by atoms with van der Waals surface area (Å²) < 4.78 is 5.82. The lowest BCUT2D eigenvalue weighted by molar-refractivity contribution is 0.195. The Morgan fingerprint density at radius 1 is 1.16 bits per heavy atom. The van der Waals surface area contributed by atoms with E-state index in [0.717, 1.165) is 41.4 Å². The third-order valence-electron chi connectivity index (χ3n) is 3.91. The summed E-state index contributed by atoms with van der Waals surface area (Å²) in [4.78, 5) is 8.67. The van der Waals surface area contributed by atoms with Gasteiger partial charge in [0.05, 0.1) is 11.2 Å². The molecular weight excluding hydrogens is 336 g/mol. The highest BCUT2D eigenvalue weighted by molar-refractivity contribution is 6.31. The molecule has 0 aliphatic heterocycles. The van der Waals surface area contributed by atoms with Gasteiger partial charge in [0.1, 0.15) is 12.0 Å². The molecule has 5 nitrogen and oxygen atoms in total. The van der Waals surface area contributed by atoms with E-state index in [9.17, 15) is 0 Å². The van der Waals surface area contributed by atoms with Crippen molar-refractivity contribution in [2.24, 2.45) is 5.73 Å². The minimum Gasteiger partial charge on any atom is -0.476 e. The maximum absolute atomic E-state index is 6.14. The number of hydrogen-bond acceptors (Lipinski definition) is 5. The summed E-state index contributed by atoms with van der Waals surface area (Å²) in [5.74, 6) is 0.921. The van der Waals surface area contributed by atoms with Gasteiger partial charge in [0, 0.05) is 16.0 Å². The van der Waals surface area contributed by atoms with Crippen LogP contribution in [0.15, 0.2) is 42.5 Å². The summed E-state index contributed by atoms with van der Waals surface area (Å²) in [6, 6.07) is 13.1. The predicted molar refractivity (Wildman–Crippen MR) is 103 cm³/mol. The van der Waals surface area contributed by atoms with E-state index in [1.165, 1.54) is 0 Å². The summed E-state index contributed by atoms with van der Waals surface area (Å²) in [6.45, 7) is 2.13. The maximum Gasteiger partial charge on any atom is 0.221 e. The van der Waals surface area contributed by atoms with Crippen LogP contribution in [0.5, 0.6) is 5.75 Å². The van der Waals surface area contributed by atoms with E-state index in [1.54, 1.807) is 6.07 Å². The van der Waals surface area contributed by atoms with Crippen molar-refractivity contribution in [1.29, 1.82) is 0 Å². The molecule has 1 atom stereocenters. The molecule has 1 aromatic heterocycles. The fourth-order valence-electron chi connectivity index (χ4n) is 2.69. The topological polar surface area (TPSA) is 87.0 Å². The van der Waals surface area contributed by atoms with Crippen molar-refractivity contribution in [3.8, 4) is 17.0 Å². The van der Waals surface area contributed by atoms with Crippen molar-refractivity contribution in [2.75, 3.05) is 5.73 Å². The predicted octanol–water partition coefficient (Wildman–Crippen LogP) is 4.39. The van der Waals surface area contributed by atoms with Crippen molar-refractivity contribution in [2.45, 2.75) is 32.4 Å². The minimum absolute atomic E-state index is 0.218. The first-order valence-electron chi connectivity index (χ1n) is 8.32. The van der Waals surface area contributed by atoms with E-state index in [1.807, 2.05) is 36.4 Å². The molecule has 3 rings (SSSR count). The molecule has 1 unspecified atom stereocenters. The Balaban J connectivity index is 1.98. The fraction of sp³-hybridized carbons (Fsp3) is 0.263. The molecular formula is C19H21ClN4O. The Kier molecular flexibility index (Phi) is 5.36. The number of halogens is 1. The molecule has 0 saturated heterocycles. The van der Waals surface area contributed by atoms with Gasteiger partial charge < -0.3 is 10.5 Å². The monoisotopic (exact) mass is 356 g/mol. The third-order valence-corrected chi connectivity index (χ3v) is 4.15. The molecule has 0 fully saturated rings. The summed E-state index contributed by atoms with van der Waals surface area (Å²) in [5, 5.41) is 1.46. The highest BCUT2D eigenvalue weighted by Gasteiger charge is 2.11. The molecule has 3 aromatic rings. The second-order valence-electron chi connectivity index (χ2n) is 5.92. The maximum atomic E-state index is 6.14. The van der Waals surface area contributed by atoms with Gasteiger partial charge in [-0.3, -0.25) is 5.73 Å². The van der Waals surface area contributed by atoms with Gasteiger partial charge in [-0.2, -0.15) is 0 Å². The zero-order chi connectivity index (χ0) is 17.8. The fourth-order valence-corrected chi connectivity index (χ4v) is 2.87. The SMILES string of the molecule is CCCCC(N)Oc1cccc(-c2nc(N)nc3ccc(Cl)cc23)c1. The van der Waals surface area contributed by atoms with Gasteiger partial charge in [0.25, 0.3) is 0 Å². The molecule has 0 aliphatic rings. The van der Waals surface area contributed by atoms with Gasteiger partial charge in [0.15, 0.2) is 0 Å². The van der Waals surface area contributed by atoms with Crippen molar-refractivity contribution in [1.82, 2.24) is 9.97 Å². The van der Waals surface area contributed by atoms with Gasteiger partial charge in [-0.1, -0.05) is 37.1 Å². The van der Waals surface area contributed by atoms with E-state index < -0.39 is 0 Å². The lowest BCUT2D eigenvalue weighted by Gasteiger charge is -2.15. The molecule has 0 radical (unpaired) electrons. The Labute approximate surface area is 152 Å². The summed E-state index contributed by atoms with van der Waals surface area (Å²) >= 11 is 6.14. The molecule has 130 valence electrons. The zero-order valence-corrected chi connectivity index (χ0v) is 14.8. The molecule has 0 saturated carbocycles. The zero-order valence-electron chi connectivity index (χ0n) is 14.1. The van der Waals surface area contributed by atoms with Crippen LogP contribution in [-0.2, 0) is 0 Å². The molecule has 0 bridgehead atoms. The van der Waals surface area contributed by atoms with Crippen LogP contribution in [-0.4, -0.2) is 16.2 Å². The van der Waals surface area contributed by atoms with Gasteiger partial charge in [-0.15, -0.1) is 0 Å². The van der Waals surface area contributed by atoms with E-state index in [4.69, 9.17) is 27.8 Å². The molecule has 6 heteroatoms. The number of nitrogen functional groups attached to an aromatic ring is 1. The number of rotatable bonds is 6. The van der Waals surface area contributed by atoms with Gasteiger partial charge in [-0.05, 0) is 43.2 Å². The largest absolute Gasteiger partial charge is 0.476 e. The normalized spacial score (nSPS) is 12.3. The first-order valence-corrected chi connectivity index (χ1v) is 8.70. The van der Waals surface area contributed by atoms with Gasteiger partial charge >= 0.3 is 0 Å². The lowest BCUT2D eigenvalue weighted by Crippen LogP contribution is -2.26. The molecule has 0 amide bonds. The Bertz CT molecular complexity index is 884. The lowest BCUT2D eigenvalue weighted by atomic mass is 10.1. The van der Waals surface area contributed by atoms with Crippen molar-refractivity contribution >= 4 is 28.5 Å². The Morgan fingerprint density at radius 3 is 2.80 bits per heavy atom. The number of fused-ring (bicyclic) bond motifs is 1. The first-order chi connectivity index (χ1) is 12.1. The van der Waals surface area contributed by atoms with Crippen LogP contribution in [0.4, 0.5) is 5.95 Å². The molecule has 4 N–H and O–H groups in total. The molecule has 0 spiro atoms. The van der Waals surface area contributed by atoms with E-state index in [-0.39, 0.29) is 12.2 Å². The second-order valence-corrected chi connectivity index (χ2v) is 6.35. The first kappa shape index (κ1) is 17.5. The van der Waals surface area contributed by atoms with Crippen LogP contribution in [0, 0.1) is 0 Å².